The Balaban J connectivity index is 1.36. The van der Waals surface area contributed by atoms with E-state index in [1.807, 2.05) is 24.3 Å². The molecule has 0 saturated carbocycles. The van der Waals surface area contributed by atoms with Gasteiger partial charge >= 0.3 is 6.03 Å². The SMILES string of the molecule is Cc1ccc(-c2ccc(N3CCN(C(=O)Nc4ccccc4Cl)CC3)nn2)cc1C. The lowest BCUT2D eigenvalue weighted by atomic mass is 10.0. The lowest BCUT2D eigenvalue weighted by Crippen LogP contribution is -2.50. The van der Waals surface area contributed by atoms with Crippen molar-refractivity contribution in [2.24, 2.45) is 0 Å². The lowest BCUT2D eigenvalue weighted by molar-refractivity contribution is 0.208. The van der Waals surface area contributed by atoms with Gasteiger partial charge in [-0.2, -0.15) is 0 Å². The average molecular weight is 422 g/mol. The number of carbonyl (C=O) groups excluding carboxylic acids is 1. The summed E-state index contributed by atoms with van der Waals surface area (Å²) >= 11 is 6.13. The van der Waals surface area contributed by atoms with E-state index in [1.165, 1.54) is 11.1 Å². The van der Waals surface area contributed by atoms with Crippen molar-refractivity contribution in [3.8, 4) is 11.3 Å². The third-order valence-electron chi connectivity index (χ3n) is 5.46. The van der Waals surface area contributed by atoms with Crippen LogP contribution < -0.4 is 10.2 Å². The van der Waals surface area contributed by atoms with E-state index in [0.717, 1.165) is 17.1 Å². The highest BCUT2D eigenvalue weighted by Crippen LogP contribution is 2.23. The number of aryl methyl sites for hydroxylation is 2. The van der Waals surface area contributed by atoms with Gasteiger partial charge in [0.05, 0.1) is 16.4 Å². The summed E-state index contributed by atoms with van der Waals surface area (Å²) in [6, 6.07) is 17.4. The summed E-state index contributed by atoms with van der Waals surface area (Å²) in [4.78, 5) is 16.5. The van der Waals surface area contributed by atoms with Gasteiger partial charge in [0.15, 0.2) is 5.82 Å². The lowest BCUT2D eigenvalue weighted by Gasteiger charge is -2.35. The predicted octanol–water partition coefficient (Wildman–Crippen LogP) is 4.77. The highest BCUT2D eigenvalue weighted by Gasteiger charge is 2.22. The molecule has 154 valence electrons. The van der Waals surface area contributed by atoms with Gasteiger partial charge in [0.1, 0.15) is 0 Å². The topological polar surface area (TPSA) is 61.4 Å². The minimum Gasteiger partial charge on any atom is -0.352 e. The summed E-state index contributed by atoms with van der Waals surface area (Å²) in [5.41, 5.74) is 5.06. The Labute approximate surface area is 181 Å². The molecule has 2 heterocycles. The molecule has 0 spiro atoms. The first-order valence-electron chi connectivity index (χ1n) is 9.98. The fraction of sp³-hybridized carbons (Fsp3) is 0.261. The maximum Gasteiger partial charge on any atom is 0.322 e. The number of halogens is 1. The third-order valence-corrected chi connectivity index (χ3v) is 5.79. The van der Waals surface area contributed by atoms with Crippen LogP contribution in [-0.4, -0.2) is 47.3 Å². The molecule has 4 rings (SSSR count). The standard InChI is InChI=1S/C23H24ClN5O/c1-16-7-8-18(15-17(16)2)20-9-10-22(27-26-20)28-11-13-29(14-12-28)23(30)25-21-6-4-3-5-19(21)24/h3-10,15H,11-14H2,1-2H3,(H,25,30). The van der Waals surface area contributed by atoms with Gasteiger partial charge < -0.3 is 15.1 Å². The Hall–Kier alpha value is -3.12. The molecule has 2 amide bonds. The summed E-state index contributed by atoms with van der Waals surface area (Å²) in [6.45, 7) is 6.82. The fourth-order valence-electron chi connectivity index (χ4n) is 3.44. The van der Waals surface area contributed by atoms with Crippen molar-refractivity contribution in [1.82, 2.24) is 15.1 Å². The number of hydrogen-bond acceptors (Lipinski definition) is 4. The third kappa shape index (κ3) is 4.39. The van der Waals surface area contributed by atoms with Crippen LogP contribution in [0.3, 0.4) is 0 Å². The maximum atomic E-state index is 12.5. The van der Waals surface area contributed by atoms with Gasteiger partial charge in [-0.25, -0.2) is 4.79 Å². The van der Waals surface area contributed by atoms with Gasteiger partial charge in [-0.05, 0) is 55.3 Å². The molecule has 1 aliphatic heterocycles. The van der Waals surface area contributed by atoms with Crippen LogP contribution in [0.25, 0.3) is 11.3 Å². The summed E-state index contributed by atoms with van der Waals surface area (Å²) < 4.78 is 0. The number of benzene rings is 2. The first-order valence-corrected chi connectivity index (χ1v) is 10.4. The zero-order valence-electron chi connectivity index (χ0n) is 17.1. The van der Waals surface area contributed by atoms with Crippen LogP contribution in [0.4, 0.5) is 16.3 Å². The summed E-state index contributed by atoms with van der Waals surface area (Å²) in [6.07, 6.45) is 0. The fourth-order valence-corrected chi connectivity index (χ4v) is 3.63. The van der Waals surface area contributed by atoms with Crippen molar-refractivity contribution in [3.05, 3.63) is 70.7 Å². The number of anilines is 2. The quantitative estimate of drug-likeness (QED) is 0.661. The van der Waals surface area contributed by atoms with Crippen molar-refractivity contribution in [2.75, 3.05) is 36.4 Å². The number of hydrogen-bond donors (Lipinski definition) is 1. The summed E-state index contributed by atoms with van der Waals surface area (Å²) in [5, 5.41) is 12.2. The van der Waals surface area contributed by atoms with Crippen molar-refractivity contribution >= 4 is 29.1 Å². The average Bonchev–Trinajstić information content (AvgIpc) is 2.77. The monoisotopic (exact) mass is 421 g/mol. The molecule has 0 aliphatic carbocycles. The highest BCUT2D eigenvalue weighted by molar-refractivity contribution is 6.33. The zero-order valence-corrected chi connectivity index (χ0v) is 17.9. The normalized spacial score (nSPS) is 14.0. The number of aromatic nitrogens is 2. The second kappa shape index (κ2) is 8.71. The first kappa shape index (κ1) is 20.2. The Kier molecular flexibility index (Phi) is 5.86. The van der Waals surface area contributed by atoms with Crippen LogP contribution in [0.2, 0.25) is 5.02 Å². The molecule has 1 fully saturated rings. The van der Waals surface area contributed by atoms with Crippen LogP contribution >= 0.6 is 11.6 Å². The van der Waals surface area contributed by atoms with E-state index in [1.54, 1.807) is 17.0 Å². The largest absolute Gasteiger partial charge is 0.352 e. The van der Waals surface area contributed by atoms with Crippen LogP contribution in [0.5, 0.6) is 0 Å². The second-order valence-corrected chi connectivity index (χ2v) is 7.87. The molecule has 1 saturated heterocycles. The molecule has 0 bridgehead atoms. The number of nitrogens with zero attached hydrogens (tertiary/aromatic N) is 4. The molecule has 1 N–H and O–H groups in total. The van der Waals surface area contributed by atoms with Gasteiger partial charge in [-0.3, -0.25) is 0 Å². The van der Waals surface area contributed by atoms with Crippen molar-refractivity contribution in [1.29, 1.82) is 0 Å². The number of nitrogens with one attached hydrogen (secondary N) is 1. The van der Waals surface area contributed by atoms with E-state index in [4.69, 9.17) is 11.6 Å². The van der Waals surface area contributed by atoms with Gasteiger partial charge in [-0.1, -0.05) is 35.9 Å². The Morgan fingerprint density at radius 3 is 2.37 bits per heavy atom. The van der Waals surface area contributed by atoms with E-state index < -0.39 is 0 Å². The predicted molar refractivity (Wildman–Crippen MR) is 121 cm³/mol. The number of amides is 2. The molecular formula is C23H24ClN5O. The van der Waals surface area contributed by atoms with E-state index in [2.05, 4.69) is 52.5 Å². The Morgan fingerprint density at radius 2 is 1.70 bits per heavy atom. The maximum absolute atomic E-state index is 12.5. The van der Waals surface area contributed by atoms with Crippen molar-refractivity contribution in [3.63, 3.8) is 0 Å². The van der Waals surface area contributed by atoms with Crippen LogP contribution in [0.15, 0.2) is 54.6 Å². The van der Waals surface area contributed by atoms with Gasteiger partial charge in [-0.15, -0.1) is 10.2 Å². The second-order valence-electron chi connectivity index (χ2n) is 7.46. The van der Waals surface area contributed by atoms with Crippen LogP contribution in [-0.2, 0) is 0 Å². The van der Waals surface area contributed by atoms with Gasteiger partial charge in [0, 0.05) is 31.7 Å². The molecule has 30 heavy (non-hydrogen) atoms. The molecular weight excluding hydrogens is 398 g/mol. The first-order chi connectivity index (χ1) is 14.5. The zero-order chi connectivity index (χ0) is 21.1. The molecule has 1 aliphatic rings. The number of para-hydroxylation sites is 1. The van der Waals surface area contributed by atoms with Crippen molar-refractivity contribution in [2.45, 2.75) is 13.8 Å². The number of urea groups is 1. The Bertz CT molecular complexity index is 1050. The number of carbonyl (C=O) groups is 1. The molecule has 0 unspecified atom stereocenters. The van der Waals surface area contributed by atoms with E-state index in [9.17, 15) is 4.79 Å². The van der Waals surface area contributed by atoms with E-state index in [0.29, 0.717) is 36.9 Å². The summed E-state index contributed by atoms with van der Waals surface area (Å²) in [7, 11) is 0. The van der Waals surface area contributed by atoms with Gasteiger partial charge in [0.25, 0.3) is 0 Å². The minimum absolute atomic E-state index is 0.140. The van der Waals surface area contributed by atoms with E-state index >= 15 is 0 Å². The van der Waals surface area contributed by atoms with Crippen LogP contribution in [0.1, 0.15) is 11.1 Å². The van der Waals surface area contributed by atoms with Crippen LogP contribution in [0, 0.1) is 13.8 Å². The molecule has 0 atom stereocenters. The molecule has 7 heteroatoms. The molecule has 0 radical (unpaired) electrons. The van der Waals surface area contributed by atoms with E-state index in [-0.39, 0.29) is 6.03 Å². The molecule has 3 aromatic rings. The van der Waals surface area contributed by atoms with Gasteiger partial charge in [0.2, 0.25) is 0 Å². The molecule has 1 aromatic heterocycles. The molecule has 2 aromatic carbocycles. The molecule has 6 nitrogen and oxygen atoms in total. The highest BCUT2D eigenvalue weighted by atomic mass is 35.5. The smallest absolute Gasteiger partial charge is 0.322 e. The Morgan fingerprint density at radius 1 is 0.933 bits per heavy atom. The number of piperazine rings is 1. The van der Waals surface area contributed by atoms with Crippen molar-refractivity contribution < 1.29 is 4.79 Å². The summed E-state index contributed by atoms with van der Waals surface area (Å²) in [5.74, 6) is 0.828. The number of rotatable bonds is 3. The minimum atomic E-state index is -0.140.